The Morgan fingerprint density at radius 2 is 2.19 bits per heavy atom. The van der Waals surface area contributed by atoms with Gasteiger partial charge in [0.05, 0.1) is 0 Å². The van der Waals surface area contributed by atoms with Gasteiger partial charge in [-0.1, -0.05) is 43.3 Å². The minimum atomic E-state index is 0.784. The molecule has 86 valence electrons. The predicted octanol–water partition coefficient (Wildman–Crippen LogP) is 3.27. The van der Waals surface area contributed by atoms with Crippen molar-refractivity contribution < 1.29 is 0 Å². The van der Waals surface area contributed by atoms with E-state index >= 15 is 0 Å². The van der Waals surface area contributed by atoms with Gasteiger partial charge in [-0.2, -0.15) is 0 Å². The normalized spacial score (nSPS) is 18.4. The van der Waals surface area contributed by atoms with E-state index in [2.05, 4.69) is 48.7 Å². The van der Waals surface area contributed by atoms with Gasteiger partial charge in [0.2, 0.25) is 0 Å². The van der Waals surface area contributed by atoms with Gasteiger partial charge in [0.25, 0.3) is 0 Å². The van der Waals surface area contributed by atoms with E-state index in [1.54, 1.807) is 11.1 Å². The molecule has 0 heterocycles. The van der Waals surface area contributed by atoms with Crippen LogP contribution in [0.2, 0.25) is 0 Å². The molecule has 1 aromatic rings. The molecule has 1 aliphatic carbocycles. The Kier molecular flexibility index (Phi) is 4.17. The Bertz CT molecular complexity index is 354. The molecule has 2 rings (SSSR count). The number of benzene rings is 1. The van der Waals surface area contributed by atoms with Gasteiger partial charge in [0.15, 0.2) is 0 Å². The first-order valence-electron chi connectivity index (χ1n) is 6.35. The summed E-state index contributed by atoms with van der Waals surface area (Å²) in [6.45, 7) is 4.33. The molecule has 0 radical (unpaired) electrons. The van der Waals surface area contributed by atoms with Gasteiger partial charge in [-0.25, -0.2) is 0 Å². The Morgan fingerprint density at radius 3 is 3.00 bits per heavy atom. The first-order valence-corrected chi connectivity index (χ1v) is 6.35. The number of rotatable bonds is 6. The fourth-order valence-electron chi connectivity index (χ4n) is 2.31. The lowest BCUT2D eigenvalue weighted by Gasteiger charge is -2.29. The van der Waals surface area contributed by atoms with Crippen LogP contribution in [0.4, 0.5) is 0 Å². The maximum absolute atomic E-state index is 3.33. The third-order valence-electron chi connectivity index (χ3n) is 3.29. The quantitative estimate of drug-likeness (QED) is 0.567. The lowest BCUT2D eigenvalue weighted by Crippen LogP contribution is -2.16. The average molecular weight is 215 g/mol. The highest BCUT2D eigenvalue weighted by Gasteiger charge is 2.23. The third-order valence-corrected chi connectivity index (χ3v) is 3.29. The maximum Gasteiger partial charge on any atom is -0.00144 e. The van der Waals surface area contributed by atoms with Crippen LogP contribution in [0.5, 0.6) is 0 Å². The van der Waals surface area contributed by atoms with Crippen molar-refractivity contribution in [2.45, 2.75) is 32.1 Å². The molecule has 0 saturated carbocycles. The van der Waals surface area contributed by atoms with Gasteiger partial charge in [0, 0.05) is 0 Å². The Morgan fingerprint density at radius 1 is 1.31 bits per heavy atom. The molecule has 0 spiro atoms. The molecule has 0 aliphatic heterocycles. The van der Waals surface area contributed by atoms with Crippen LogP contribution in [0.3, 0.4) is 0 Å². The van der Waals surface area contributed by atoms with Crippen LogP contribution in [0.15, 0.2) is 36.4 Å². The third kappa shape index (κ3) is 2.73. The zero-order chi connectivity index (χ0) is 11.2. The summed E-state index contributed by atoms with van der Waals surface area (Å²) < 4.78 is 0. The molecule has 0 fully saturated rings. The topological polar surface area (TPSA) is 12.0 Å². The van der Waals surface area contributed by atoms with E-state index < -0.39 is 0 Å². The van der Waals surface area contributed by atoms with Crippen molar-refractivity contribution in [2.24, 2.45) is 0 Å². The number of fused-ring (bicyclic) bond motifs is 1. The van der Waals surface area contributed by atoms with Crippen molar-refractivity contribution in [3.05, 3.63) is 47.5 Å². The maximum atomic E-state index is 3.33. The van der Waals surface area contributed by atoms with Gasteiger partial charge in [-0.3, -0.25) is 0 Å². The van der Waals surface area contributed by atoms with E-state index in [1.165, 1.54) is 12.8 Å². The average Bonchev–Trinajstić information content (AvgIpc) is 2.28. The summed E-state index contributed by atoms with van der Waals surface area (Å²) in [6.07, 6.45) is 8.29. The largest absolute Gasteiger partial charge is 0.317 e. The van der Waals surface area contributed by atoms with Crippen molar-refractivity contribution in [2.75, 3.05) is 13.1 Å². The summed E-state index contributed by atoms with van der Waals surface area (Å²) in [6, 6.07) is 8.82. The zero-order valence-electron chi connectivity index (χ0n) is 10.1. The van der Waals surface area contributed by atoms with E-state index in [4.69, 9.17) is 0 Å². The molecule has 1 heteroatoms. The van der Waals surface area contributed by atoms with Crippen molar-refractivity contribution >= 4 is 0 Å². The van der Waals surface area contributed by atoms with Crippen LogP contribution in [0, 0.1) is 0 Å². The second-order valence-electron chi connectivity index (χ2n) is 4.45. The molecule has 1 N–H and O–H groups in total. The number of hydrogen-bond acceptors (Lipinski definition) is 1. The summed E-state index contributed by atoms with van der Waals surface area (Å²) in [4.78, 5) is 0. The highest BCUT2D eigenvalue weighted by molar-refractivity contribution is 5.40. The lowest BCUT2D eigenvalue weighted by molar-refractivity contribution is 0.614. The monoisotopic (exact) mass is 215 g/mol. The van der Waals surface area contributed by atoms with Gasteiger partial charge < -0.3 is 5.32 Å². The van der Waals surface area contributed by atoms with Crippen LogP contribution in [-0.4, -0.2) is 13.1 Å². The van der Waals surface area contributed by atoms with Crippen molar-refractivity contribution in [1.29, 1.82) is 0 Å². The summed E-state index contributed by atoms with van der Waals surface area (Å²) >= 11 is 0. The van der Waals surface area contributed by atoms with Crippen LogP contribution >= 0.6 is 0 Å². The highest BCUT2D eigenvalue weighted by Crippen LogP contribution is 2.37. The molecule has 1 aliphatic rings. The first-order chi connectivity index (χ1) is 7.92. The molecule has 1 nitrogen and oxygen atoms in total. The fourth-order valence-corrected chi connectivity index (χ4v) is 2.31. The molecule has 0 aromatic heterocycles. The SMILES string of the molecule is CCNCCC=CCC1Cc2ccccc21. The van der Waals surface area contributed by atoms with Gasteiger partial charge >= 0.3 is 0 Å². The summed E-state index contributed by atoms with van der Waals surface area (Å²) in [7, 11) is 0. The van der Waals surface area contributed by atoms with Crippen LogP contribution < -0.4 is 5.32 Å². The Balaban J connectivity index is 1.69. The summed E-state index contributed by atoms with van der Waals surface area (Å²) in [5.41, 5.74) is 3.12. The molecule has 1 unspecified atom stereocenters. The zero-order valence-corrected chi connectivity index (χ0v) is 10.1. The second-order valence-corrected chi connectivity index (χ2v) is 4.45. The number of nitrogens with one attached hydrogen (secondary N) is 1. The van der Waals surface area contributed by atoms with Crippen molar-refractivity contribution in [1.82, 2.24) is 5.32 Å². The first kappa shape index (κ1) is 11.4. The van der Waals surface area contributed by atoms with Gasteiger partial charge in [-0.15, -0.1) is 0 Å². The summed E-state index contributed by atoms with van der Waals surface area (Å²) in [5.74, 6) is 0.784. The molecular formula is C15H21N. The molecule has 0 saturated heterocycles. The van der Waals surface area contributed by atoms with E-state index in [0.29, 0.717) is 0 Å². The Hall–Kier alpha value is -1.08. The molecule has 0 amide bonds. The van der Waals surface area contributed by atoms with E-state index in [1.807, 2.05) is 0 Å². The van der Waals surface area contributed by atoms with Crippen LogP contribution in [-0.2, 0) is 6.42 Å². The second kappa shape index (κ2) is 5.86. The molecule has 1 aromatic carbocycles. The number of allylic oxidation sites excluding steroid dienone is 1. The van der Waals surface area contributed by atoms with Crippen LogP contribution in [0.25, 0.3) is 0 Å². The van der Waals surface area contributed by atoms with Gasteiger partial charge in [-0.05, 0) is 49.4 Å². The molecular weight excluding hydrogens is 194 g/mol. The van der Waals surface area contributed by atoms with Crippen LogP contribution in [0.1, 0.15) is 36.8 Å². The minimum Gasteiger partial charge on any atom is -0.317 e. The molecule has 16 heavy (non-hydrogen) atoms. The van der Waals surface area contributed by atoms with Crippen molar-refractivity contribution in [3.63, 3.8) is 0 Å². The van der Waals surface area contributed by atoms with Gasteiger partial charge in [0.1, 0.15) is 0 Å². The Labute approximate surface area is 98.6 Å². The lowest BCUT2D eigenvalue weighted by atomic mass is 9.76. The number of hydrogen-bond donors (Lipinski definition) is 1. The van der Waals surface area contributed by atoms with Crippen molar-refractivity contribution in [3.8, 4) is 0 Å². The summed E-state index contributed by atoms with van der Waals surface area (Å²) in [5, 5.41) is 3.33. The predicted molar refractivity (Wildman–Crippen MR) is 69.8 cm³/mol. The molecule has 0 bridgehead atoms. The molecule has 1 atom stereocenters. The van der Waals surface area contributed by atoms with E-state index in [-0.39, 0.29) is 0 Å². The standard InChI is InChI=1S/C15H21N/c1-2-16-11-7-3-4-8-13-12-14-9-5-6-10-15(13)14/h3-6,9-10,13,16H,2,7-8,11-12H2,1H3. The minimum absolute atomic E-state index is 0.784. The smallest absolute Gasteiger partial charge is 0.00144 e. The van der Waals surface area contributed by atoms with E-state index in [9.17, 15) is 0 Å². The highest BCUT2D eigenvalue weighted by atomic mass is 14.8. The fraction of sp³-hybridized carbons (Fsp3) is 0.467. The van der Waals surface area contributed by atoms with E-state index in [0.717, 1.165) is 25.4 Å².